The number of carbonyl (C=O) groups is 2. The Bertz CT molecular complexity index is 1150. The normalized spacial score (nSPS) is 14.1. The fraction of sp³-hybridized carbons (Fsp3) is 0.346. The molecule has 34 heavy (non-hydrogen) atoms. The van der Waals surface area contributed by atoms with Crippen LogP contribution in [0.3, 0.4) is 0 Å². The van der Waals surface area contributed by atoms with Gasteiger partial charge in [0.25, 0.3) is 11.8 Å². The molecule has 0 bridgehead atoms. The lowest BCUT2D eigenvalue weighted by atomic mass is 10.0. The standard InChI is InChI=1S/C26H29FN4O3/c1-3-23(21-8-4-5-9-24(21)34-17-25(32)30-14-6-7-15-30)29-26(33)22-16-28-31(18(22)2)20-12-10-19(27)11-13-20/h4-5,8-13,16,23H,3,6-7,14-15,17H2,1-2H3,(H,29,33). The number of hydrogen-bond acceptors (Lipinski definition) is 4. The van der Waals surface area contributed by atoms with Gasteiger partial charge in [-0.1, -0.05) is 25.1 Å². The Morgan fingerprint density at radius 1 is 1.12 bits per heavy atom. The van der Waals surface area contributed by atoms with E-state index >= 15 is 0 Å². The number of carbonyl (C=O) groups excluding carboxylic acids is 2. The Balaban J connectivity index is 1.48. The lowest BCUT2D eigenvalue weighted by molar-refractivity contribution is -0.132. The van der Waals surface area contributed by atoms with Crippen LogP contribution < -0.4 is 10.1 Å². The van der Waals surface area contributed by atoms with Crippen molar-refractivity contribution in [3.8, 4) is 11.4 Å². The molecule has 4 rings (SSSR count). The van der Waals surface area contributed by atoms with Crippen LogP contribution in [0.25, 0.3) is 5.69 Å². The number of nitrogens with one attached hydrogen (secondary N) is 1. The zero-order valence-electron chi connectivity index (χ0n) is 19.5. The van der Waals surface area contributed by atoms with Gasteiger partial charge in [-0.2, -0.15) is 5.10 Å². The average Bonchev–Trinajstić information content (AvgIpc) is 3.52. The highest BCUT2D eigenvalue weighted by Gasteiger charge is 2.23. The van der Waals surface area contributed by atoms with Crippen LogP contribution in [-0.4, -0.2) is 46.2 Å². The molecule has 1 atom stereocenters. The molecule has 1 aromatic heterocycles. The molecular weight excluding hydrogens is 435 g/mol. The van der Waals surface area contributed by atoms with E-state index in [1.165, 1.54) is 18.3 Å². The van der Waals surface area contributed by atoms with Gasteiger partial charge in [0.2, 0.25) is 0 Å². The largest absolute Gasteiger partial charge is 0.483 e. The Labute approximate surface area is 198 Å². The van der Waals surface area contributed by atoms with Crippen LogP contribution in [0.5, 0.6) is 5.75 Å². The van der Waals surface area contributed by atoms with E-state index in [9.17, 15) is 14.0 Å². The quantitative estimate of drug-likeness (QED) is 0.542. The summed E-state index contributed by atoms with van der Waals surface area (Å²) in [5.74, 6) is -0.0323. The Morgan fingerprint density at radius 3 is 2.53 bits per heavy atom. The van der Waals surface area contributed by atoms with Gasteiger partial charge in [-0.15, -0.1) is 0 Å². The van der Waals surface area contributed by atoms with Crippen LogP contribution in [0.15, 0.2) is 54.7 Å². The molecule has 1 aliphatic heterocycles. The van der Waals surface area contributed by atoms with Gasteiger partial charge in [0.1, 0.15) is 11.6 Å². The minimum Gasteiger partial charge on any atom is -0.483 e. The molecule has 1 unspecified atom stereocenters. The molecule has 1 fully saturated rings. The van der Waals surface area contributed by atoms with Crippen molar-refractivity contribution in [2.45, 2.75) is 39.2 Å². The summed E-state index contributed by atoms with van der Waals surface area (Å²) in [6, 6.07) is 13.1. The number of benzene rings is 2. The van der Waals surface area contributed by atoms with Crippen molar-refractivity contribution in [1.29, 1.82) is 0 Å². The molecule has 8 heteroatoms. The van der Waals surface area contributed by atoms with Crippen LogP contribution in [0, 0.1) is 12.7 Å². The van der Waals surface area contributed by atoms with Crippen molar-refractivity contribution in [2.24, 2.45) is 0 Å². The van der Waals surface area contributed by atoms with Gasteiger partial charge in [-0.3, -0.25) is 9.59 Å². The summed E-state index contributed by atoms with van der Waals surface area (Å²) >= 11 is 0. The number of rotatable bonds is 8. The number of nitrogens with zero attached hydrogens (tertiary/aromatic N) is 3. The summed E-state index contributed by atoms with van der Waals surface area (Å²) in [4.78, 5) is 27.4. The van der Waals surface area contributed by atoms with E-state index in [0.717, 1.165) is 31.5 Å². The summed E-state index contributed by atoms with van der Waals surface area (Å²) in [5, 5.41) is 7.38. The second kappa shape index (κ2) is 10.5. The number of amides is 2. The van der Waals surface area contributed by atoms with Crippen LogP contribution in [-0.2, 0) is 4.79 Å². The summed E-state index contributed by atoms with van der Waals surface area (Å²) in [6.07, 6.45) is 4.21. The van der Waals surface area contributed by atoms with E-state index < -0.39 is 0 Å². The van der Waals surface area contributed by atoms with Crippen molar-refractivity contribution >= 4 is 11.8 Å². The Kier molecular flexibility index (Phi) is 7.25. The molecular formula is C26H29FN4O3. The third-order valence-electron chi connectivity index (χ3n) is 6.14. The van der Waals surface area contributed by atoms with Crippen molar-refractivity contribution in [2.75, 3.05) is 19.7 Å². The summed E-state index contributed by atoms with van der Waals surface area (Å²) in [6.45, 7) is 5.31. The molecule has 1 saturated heterocycles. The zero-order valence-corrected chi connectivity index (χ0v) is 19.5. The van der Waals surface area contributed by atoms with Gasteiger partial charge >= 0.3 is 0 Å². The molecule has 178 valence electrons. The van der Waals surface area contributed by atoms with Gasteiger partial charge in [-0.05, 0) is 56.5 Å². The second-order valence-corrected chi connectivity index (χ2v) is 8.38. The first-order chi connectivity index (χ1) is 16.5. The minimum absolute atomic E-state index is 0.0202. The Morgan fingerprint density at radius 2 is 1.82 bits per heavy atom. The SMILES string of the molecule is CCC(NC(=O)c1cnn(-c2ccc(F)cc2)c1C)c1ccccc1OCC(=O)N1CCCC1. The Hall–Kier alpha value is -3.68. The maximum atomic E-state index is 13.3. The smallest absolute Gasteiger partial charge is 0.260 e. The number of hydrogen-bond donors (Lipinski definition) is 1. The number of aromatic nitrogens is 2. The average molecular weight is 465 g/mol. The first-order valence-electron chi connectivity index (χ1n) is 11.6. The minimum atomic E-state index is -0.333. The van der Waals surface area contributed by atoms with E-state index in [1.807, 2.05) is 36.1 Å². The lowest BCUT2D eigenvalue weighted by Crippen LogP contribution is -2.33. The predicted octanol–water partition coefficient (Wildman–Crippen LogP) is 4.20. The van der Waals surface area contributed by atoms with E-state index in [-0.39, 0.29) is 30.3 Å². The van der Waals surface area contributed by atoms with E-state index in [1.54, 1.807) is 23.7 Å². The van der Waals surface area contributed by atoms with Crippen LogP contribution in [0.1, 0.15) is 53.8 Å². The summed E-state index contributed by atoms with van der Waals surface area (Å²) in [7, 11) is 0. The van der Waals surface area contributed by atoms with Crippen molar-refractivity contribution < 1.29 is 18.7 Å². The number of likely N-dealkylation sites (tertiary alicyclic amines) is 1. The molecule has 2 aromatic carbocycles. The van der Waals surface area contributed by atoms with Gasteiger partial charge in [0.15, 0.2) is 6.61 Å². The van der Waals surface area contributed by atoms with Crippen molar-refractivity contribution in [3.05, 3.63) is 77.4 Å². The van der Waals surface area contributed by atoms with Crippen LogP contribution in [0.2, 0.25) is 0 Å². The van der Waals surface area contributed by atoms with Gasteiger partial charge < -0.3 is 15.0 Å². The first kappa shape index (κ1) is 23.5. The highest BCUT2D eigenvalue weighted by molar-refractivity contribution is 5.95. The first-order valence-corrected chi connectivity index (χ1v) is 11.6. The van der Waals surface area contributed by atoms with Crippen molar-refractivity contribution in [3.63, 3.8) is 0 Å². The number of halogens is 1. The molecule has 1 N–H and O–H groups in total. The fourth-order valence-corrected chi connectivity index (χ4v) is 4.21. The monoisotopic (exact) mass is 464 g/mol. The van der Waals surface area contributed by atoms with E-state index in [2.05, 4.69) is 10.4 Å². The third-order valence-corrected chi connectivity index (χ3v) is 6.14. The van der Waals surface area contributed by atoms with E-state index in [0.29, 0.717) is 29.1 Å². The topological polar surface area (TPSA) is 76.5 Å². The zero-order chi connectivity index (χ0) is 24.1. The van der Waals surface area contributed by atoms with E-state index in [4.69, 9.17) is 4.74 Å². The maximum Gasteiger partial charge on any atom is 0.260 e. The molecule has 0 aliphatic carbocycles. The van der Waals surface area contributed by atoms with Gasteiger partial charge in [0, 0.05) is 18.7 Å². The number of para-hydroxylation sites is 1. The highest BCUT2D eigenvalue weighted by atomic mass is 19.1. The third kappa shape index (κ3) is 5.11. The molecule has 0 spiro atoms. The summed E-state index contributed by atoms with van der Waals surface area (Å²) < 4.78 is 20.8. The molecule has 0 saturated carbocycles. The van der Waals surface area contributed by atoms with Gasteiger partial charge in [0.05, 0.1) is 29.2 Å². The number of ether oxygens (including phenoxy) is 1. The molecule has 3 aromatic rings. The fourth-order valence-electron chi connectivity index (χ4n) is 4.21. The van der Waals surface area contributed by atoms with Crippen LogP contribution >= 0.6 is 0 Å². The second-order valence-electron chi connectivity index (χ2n) is 8.38. The van der Waals surface area contributed by atoms with Gasteiger partial charge in [-0.25, -0.2) is 9.07 Å². The highest BCUT2D eigenvalue weighted by Crippen LogP contribution is 2.28. The lowest BCUT2D eigenvalue weighted by Gasteiger charge is -2.21. The molecule has 2 heterocycles. The van der Waals surface area contributed by atoms with Crippen LogP contribution in [0.4, 0.5) is 4.39 Å². The predicted molar refractivity (Wildman–Crippen MR) is 127 cm³/mol. The molecule has 2 amide bonds. The molecule has 7 nitrogen and oxygen atoms in total. The summed E-state index contributed by atoms with van der Waals surface area (Å²) in [5.41, 5.74) is 2.58. The van der Waals surface area contributed by atoms with Crippen molar-refractivity contribution in [1.82, 2.24) is 20.0 Å². The molecule has 0 radical (unpaired) electrons. The molecule has 1 aliphatic rings. The maximum absolute atomic E-state index is 13.3.